The van der Waals surface area contributed by atoms with Crippen molar-refractivity contribution in [3.05, 3.63) is 23.8 Å². The van der Waals surface area contributed by atoms with Gasteiger partial charge in [0, 0.05) is 0 Å². The van der Waals surface area contributed by atoms with E-state index in [9.17, 15) is 4.79 Å². The summed E-state index contributed by atoms with van der Waals surface area (Å²) in [6.07, 6.45) is 1.64. The van der Waals surface area contributed by atoms with Gasteiger partial charge in [0.1, 0.15) is 12.4 Å². The quantitative estimate of drug-likeness (QED) is 0.772. The Morgan fingerprint density at radius 3 is 3.11 bits per heavy atom. The Kier molecular flexibility index (Phi) is 4.07. The zero-order valence-electron chi connectivity index (χ0n) is 10.9. The van der Waals surface area contributed by atoms with E-state index in [0.29, 0.717) is 19.8 Å². The Morgan fingerprint density at radius 2 is 2.33 bits per heavy atom. The minimum absolute atomic E-state index is 0.281. The highest BCUT2D eigenvalue weighted by Gasteiger charge is 2.24. The van der Waals surface area contributed by atoms with E-state index in [2.05, 4.69) is 6.92 Å². The van der Waals surface area contributed by atoms with E-state index in [1.54, 1.807) is 4.90 Å². The molecule has 0 spiro atoms. The van der Waals surface area contributed by atoms with Crippen molar-refractivity contribution < 1.29 is 14.3 Å². The van der Waals surface area contributed by atoms with Gasteiger partial charge >= 0.3 is 6.09 Å². The molecule has 0 unspecified atom stereocenters. The molecule has 0 atom stereocenters. The minimum atomic E-state index is -0.281. The Hall–Kier alpha value is -1.71. The van der Waals surface area contributed by atoms with Crippen LogP contribution in [0.25, 0.3) is 0 Å². The lowest BCUT2D eigenvalue weighted by molar-refractivity contribution is 0.148. The molecule has 4 nitrogen and oxygen atoms in total. The van der Waals surface area contributed by atoms with Crippen molar-refractivity contribution in [3.63, 3.8) is 0 Å². The van der Waals surface area contributed by atoms with E-state index < -0.39 is 0 Å². The number of benzene rings is 1. The number of hydrogen-bond donors (Lipinski definition) is 0. The van der Waals surface area contributed by atoms with Crippen LogP contribution >= 0.6 is 0 Å². The van der Waals surface area contributed by atoms with Crippen LogP contribution in [0.15, 0.2) is 18.2 Å². The number of rotatable bonds is 3. The summed E-state index contributed by atoms with van der Waals surface area (Å²) in [6.45, 7) is 5.61. The van der Waals surface area contributed by atoms with Gasteiger partial charge in [0.25, 0.3) is 0 Å². The summed E-state index contributed by atoms with van der Waals surface area (Å²) in [4.78, 5) is 13.6. The maximum absolute atomic E-state index is 12.0. The normalized spacial score (nSPS) is 13.8. The molecule has 0 aromatic heterocycles. The molecule has 2 rings (SSSR count). The van der Waals surface area contributed by atoms with Crippen LogP contribution in [0, 0.1) is 6.92 Å². The molecule has 0 fully saturated rings. The van der Waals surface area contributed by atoms with Gasteiger partial charge in [-0.1, -0.05) is 19.4 Å². The third-order valence-corrected chi connectivity index (χ3v) is 2.92. The van der Waals surface area contributed by atoms with Gasteiger partial charge in [-0.05, 0) is 31.0 Å². The molecule has 0 radical (unpaired) electrons. The number of carbonyl (C=O) groups excluding carboxylic acids is 1. The van der Waals surface area contributed by atoms with Gasteiger partial charge in [-0.15, -0.1) is 0 Å². The molecule has 1 aliphatic rings. The number of anilines is 1. The maximum atomic E-state index is 12.0. The highest BCUT2D eigenvalue weighted by atomic mass is 16.6. The average Bonchev–Trinajstić information content (AvgIpc) is 2.37. The second kappa shape index (κ2) is 5.76. The van der Waals surface area contributed by atoms with Crippen LogP contribution in [-0.4, -0.2) is 25.9 Å². The highest BCUT2D eigenvalue weighted by molar-refractivity contribution is 5.90. The standard InChI is InChI=1S/C14H19NO3/c1-3-4-8-18-14(16)15-7-9-17-13-10-11(2)5-6-12(13)15/h5-6,10H,3-4,7-9H2,1-2H3. The maximum Gasteiger partial charge on any atom is 0.414 e. The monoisotopic (exact) mass is 249 g/mol. The first-order valence-electron chi connectivity index (χ1n) is 6.40. The van der Waals surface area contributed by atoms with Crippen molar-refractivity contribution in [3.8, 4) is 5.75 Å². The van der Waals surface area contributed by atoms with Gasteiger partial charge in [-0.25, -0.2) is 4.79 Å². The lowest BCUT2D eigenvalue weighted by Crippen LogP contribution is -2.38. The van der Waals surface area contributed by atoms with Crippen molar-refractivity contribution in [1.82, 2.24) is 0 Å². The lowest BCUT2D eigenvalue weighted by Gasteiger charge is -2.29. The number of fused-ring (bicyclic) bond motifs is 1. The molecule has 0 N–H and O–H groups in total. The second-order valence-corrected chi connectivity index (χ2v) is 4.44. The second-order valence-electron chi connectivity index (χ2n) is 4.44. The molecule has 98 valence electrons. The number of carbonyl (C=O) groups is 1. The fourth-order valence-electron chi connectivity index (χ4n) is 1.90. The molecule has 18 heavy (non-hydrogen) atoms. The van der Waals surface area contributed by atoms with Gasteiger partial charge < -0.3 is 9.47 Å². The summed E-state index contributed by atoms with van der Waals surface area (Å²) in [5.41, 5.74) is 1.92. The Labute approximate surface area is 107 Å². The molecule has 1 aromatic carbocycles. The van der Waals surface area contributed by atoms with Crippen molar-refractivity contribution >= 4 is 11.8 Å². The van der Waals surface area contributed by atoms with E-state index in [0.717, 1.165) is 29.8 Å². The smallest absolute Gasteiger partial charge is 0.414 e. The molecule has 4 heteroatoms. The predicted molar refractivity (Wildman–Crippen MR) is 70.3 cm³/mol. The fourth-order valence-corrected chi connectivity index (χ4v) is 1.90. The molecule has 0 bridgehead atoms. The zero-order valence-corrected chi connectivity index (χ0v) is 10.9. The topological polar surface area (TPSA) is 38.8 Å². The molecule has 0 saturated carbocycles. The van der Waals surface area contributed by atoms with Crippen LogP contribution in [0.3, 0.4) is 0 Å². The summed E-state index contributed by atoms with van der Waals surface area (Å²) >= 11 is 0. The zero-order chi connectivity index (χ0) is 13.0. The summed E-state index contributed by atoms with van der Waals surface area (Å²) in [5.74, 6) is 0.758. The molecule has 1 aromatic rings. The molecule has 1 amide bonds. The van der Waals surface area contributed by atoms with Gasteiger partial charge in [-0.2, -0.15) is 0 Å². The first kappa shape index (κ1) is 12.7. The highest BCUT2D eigenvalue weighted by Crippen LogP contribution is 2.32. The first-order chi connectivity index (χ1) is 8.72. The van der Waals surface area contributed by atoms with E-state index in [1.165, 1.54) is 0 Å². The first-order valence-corrected chi connectivity index (χ1v) is 6.40. The number of unbranched alkanes of at least 4 members (excludes halogenated alkanes) is 1. The number of aryl methyl sites for hydroxylation is 1. The van der Waals surface area contributed by atoms with Crippen molar-refractivity contribution in [2.75, 3.05) is 24.7 Å². The number of amides is 1. The Balaban J connectivity index is 2.09. The average molecular weight is 249 g/mol. The van der Waals surface area contributed by atoms with Gasteiger partial charge in [0.15, 0.2) is 0 Å². The predicted octanol–water partition coefficient (Wildman–Crippen LogP) is 3.13. The van der Waals surface area contributed by atoms with Gasteiger partial charge in [0.2, 0.25) is 0 Å². The van der Waals surface area contributed by atoms with E-state index >= 15 is 0 Å². The number of ether oxygens (including phenoxy) is 2. The van der Waals surface area contributed by atoms with E-state index in [-0.39, 0.29) is 6.09 Å². The van der Waals surface area contributed by atoms with Crippen molar-refractivity contribution in [2.24, 2.45) is 0 Å². The minimum Gasteiger partial charge on any atom is -0.490 e. The summed E-state index contributed by atoms with van der Waals surface area (Å²) in [7, 11) is 0. The SMILES string of the molecule is CCCCOC(=O)N1CCOc2cc(C)ccc21. The van der Waals surface area contributed by atoms with Crippen molar-refractivity contribution in [2.45, 2.75) is 26.7 Å². The van der Waals surface area contributed by atoms with E-state index in [1.807, 2.05) is 25.1 Å². The summed E-state index contributed by atoms with van der Waals surface area (Å²) in [5, 5.41) is 0. The fraction of sp³-hybridized carbons (Fsp3) is 0.500. The largest absolute Gasteiger partial charge is 0.490 e. The summed E-state index contributed by atoms with van der Waals surface area (Å²) in [6, 6.07) is 5.82. The Bertz CT molecular complexity index is 431. The van der Waals surface area contributed by atoms with Crippen LogP contribution in [0.2, 0.25) is 0 Å². The molecule has 1 heterocycles. The van der Waals surface area contributed by atoms with Crippen molar-refractivity contribution in [1.29, 1.82) is 0 Å². The lowest BCUT2D eigenvalue weighted by atomic mass is 10.2. The van der Waals surface area contributed by atoms with Crippen LogP contribution in [0.4, 0.5) is 10.5 Å². The van der Waals surface area contributed by atoms with Crippen LogP contribution in [0.1, 0.15) is 25.3 Å². The molecular formula is C14H19NO3. The summed E-state index contributed by atoms with van der Waals surface area (Å²) < 4.78 is 10.8. The third kappa shape index (κ3) is 2.75. The van der Waals surface area contributed by atoms with Crippen LogP contribution in [-0.2, 0) is 4.74 Å². The number of hydrogen-bond acceptors (Lipinski definition) is 3. The Morgan fingerprint density at radius 1 is 1.50 bits per heavy atom. The van der Waals surface area contributed by atoms with Gasteiger partial charge in [-0.3, -0.25) is 4.90 Å². The third-order valence-electron chi connectivity index (χ3n) is 2.92. The molecular weight excluding hydrogens is 230 g/mol. The molecule has 0 aliphatic carbocycles. The van der Waals surface area contributed by atoms with Crippen LogP contribution in [0.5, 0.6) is 5.75 Å². The number of nitrogens with zero attached hydrogens (tertiary/aromatic N) is 1. The molecule has 1 aliphatic heterocycles. The van der Waals surface area contributed by atoms with E-state index in [4.69, 9.17) is 9.47 Å². The van der Waals surface area contributed by atoms with Gasteiger partial charge in [0.05, 0.1) is 18.8 Å². The molecule has 0 saturated heterocycles. The van der Waals surface area contributed by atoms with Crippen LogP contribution < -0.4 is 9.64 Å².